The van der Waals surface area contributed by atoms with Crippen LogP contribution < -0.4 is 0 Å². The van der Waals surface area contributed by atoms with E-state index in [1.165, 1.54) is 4.31 Å². The third-order valence-corrected chi connectivity index (χ3v) is 6.98. The highest BCUT2D eigenvalue weighted by Gasteiger charge is 2.41. The van der Waals surface area contributed by atoms with E-state index in [-0.39, 0.29) is 18.0 Å². The topological polar surface area (TPSA) is 63.7 Å². The summed E-state index contributed by atoms with van der Waals surface area (Å²) < 4.78 is 33.8. The molecule has 0 bridgehead atoms. The lowest BCUT2D eigenvalue weighted by Crippen LogP contribution is -2.33. The van der Waals surface area contributed by atoms with Gasteiger partial charge in [-0.2, -0.15) is 4.31 Å². The third-order valence-electron chi connectivity index (χ3n) is 4.41. The number of hydrogen-bond donors (Lipinski definition) is 0. The Bertz CT molecular complexity index is 983. The van der Waals surface area contributed by atoms with Gasteiger partial charge in [-0.15, -0.1) is 0 Å². The second-order valence-corrected chi connectivity index (χ2v) is 8.94. The van der Waals surface area contributed by atoms with Crippen molar-refractivity contribution in [3.8, 4) is 0 Å². The van der Waals surface area contributed by atoms with Crippen molar-refractivity contribution >= 4 is 31.9 Å². The average molecular weight is 450 g/mol. The number of benzene rings is 2. The van der Waals surface area contributed by atoms with Crippen molar-refractivity contribution in [3.63, 3.8) is 0 Å². The molecule has 0 saturated carbocycles. The normalized spacial score (nSPS) is 17.6. The van der Waals surface area contributed by atoms with E-state index in [9.17, 15) is 13.2 Å². The molecule has 7 heteroatoms. The fourth-order valence-electron chi connectivity index (χ4n) is 3.07. The van der Waals surface area contributed by atoms with Crippen molar-refractivity contribution in [1.29, 1.82) is 0 Å². The van der Waals surface area contributed by atoms with Gasteiger partial charge >= 0.3 is 5.97 Å². The number of ether oxygens (including phenoxy) is 1. The molecule has 1 aliphatic rings. The molecule has 1 heterocycles. The van der Waals surface area contributed by atoms with Crippen LogP contribution in [0.5, 0.6) is 0 Å². The van der Waals surface area contributed by atoms with Gasteiger partial charge in [0.05, 0.1) is 23.1 Å². The van der Waals surface area contributed by atoms with Gasteiger partial charge in [-0.1, -0.05) is 57.9 Å². The number of sulfonamides is 1. The lowest BCUT2D eigenvalue weighted by atomic mass is 10.0. The van der Waals surface area contributed by atoms with Crippen LogP contribution >= 0.6 is 15.9 Å². The minimum Gasteiger partial charge on any atom is -0.463 e. The summed E-state index contributed by atoms with van der Waals surface area (Å²) in [5.41, 5.74) is 2.01. The first-order valence-electron chi connectivity index (χ1n) is 8.56. The van der Waals surface area contributed by atoms with Crippen LogP contribution in [0, 0.1) is 6.92 Å². The van der Waals surface area contributed by atoms with Crippen molar-refractivity contribution in [2.24, 2.45) is 0 Å². The van der Waals surface area contributed by atoms with Crippen LogP contribution in [-0.2, 0) is 19.6 Å². The molecule has 0 unspecified atom stereocenters. The van der Waals surface area contributed by atoms with E-state index in [0.29, 0.717) is 11.1 Å². The number of carbonyl (C=O) groups excluding carboxylic acids is 1. The number of esters is 1. The van der Waals surface area contributed by atoms with Gasteiger partial charge in [0.15, 0.2) is 0 Å². The molecule has 0 N–H and O–H groups in total. The molecular weight excluding hydrogens is 430 g/mol. The summed E-state index contributed by atoms with van der Waals surface area (Å²) >= 11 is 3.48. The van der Waals surface area contributed by atoms with Gasteiger partial charge in [0.2, 0.25) is 10.0 Å². The van der Waals surface area contributed by atoms with Crippen molar-refractivity contribution in [1.82, 2.24) is 4.31 Å². The Hall–Kier alpha value is -1.96. The molecule has 5 nitrogen and oxygen atoms in total. The van der Waals surface area contributed by atoms with E-state index in [4.69, 9.17) is 4.74 Å². The zero-order valence-electron chi connectivity index (χ0n) is 15.1. The van der Waals surface area contributed by atoms with Crippen molar-refractivity contribution in [2.75, 3.05) is 13.2 Å². The summed E-state index contributed by atoms with van der Waals surface area (Å²) in [5.74, 6) is -0.500. The largest absolute Gasteiger partial charge is 0.463 e. The fraction of sp³-hybridized carbons (Fsp3) is 0.250. The third kappa shape index (κ3) is 3.85. The van der Waals surface area contributed by atoms with E-state index in [0.717, 1.165) is 10.0 Å². The summed E-state index contributed by atoms with van der Waals surface area (Å²) in [6.07, 6.45) is 1.63. The first-order chi connectivity index (χ1) is 12.9. The van der Waals surface area contributed by atoms with Crippen LogP contribution in [0.3, 0.4) is 0 Å². The SMILES string of the molecule is CCOC(=O)C1=CCN(S(=O)(=O)c2ccc(C)cc2)[C@H]1c1ccccc1Br. The lowest BCUT2D eigenvalue weighted by molar-refractivity contribution is -0.138. The molecule has 27 heavy (non-hydrogen) atoms. The highest BCUT2D eigenvalue weighted by atomic mass is 79.9. The Labute approximate surface area is 167 Å². The first-order valence-corrected chi connectivity index (χ1v) is 10.8. The van der Waals surface area contributed by atoms with E-state index in [1.54, 1.807) is 37.3 Å². The Morgan fingerprint density at radius 3 is 2.48 bits per heavy atom. The summed E-state index contributed by atoms with van der Waals surface area (Å²) in [6.45, 7) is 3.96. The van der Waals surface area contributed by atoms with Crippen molar-refractivity contribution in [2.45, 2.75) is 24.8 Å². The van der Waals surface area contributed by atoms with E-state index in [2.05, 4.69) is 15.9 Å². The van der Waals surface area contributed by atoms with Gasteiger partial charge in [-0.25, -0.2) is 13.2 Å². The Morgan fingerprint density at radius 2 is 1.85 bits per heavy atom. The van der Waals surface area contributed by atoms with Crippen molar-refractivity contribution in [3.05, 3.63) is 75.8 Å². The Morgan fingerprint density at radius 1 is 1.19 bits per heavy atom. The fourth-order valence-corrected chi connectivity index (χ4v) is 5.10. The molecule has 3 rings (SSSR count). The molecule has 0 amide bonds. The van der Waals surface area contributed by atoms with Crippen LogP contribution in [0.25, 0.3) is 0 Å². The van der Waals surface area contributed by atoms with Gasteiger partial charge in [0.1, 0.15) is 0 Å². The minimum absolute atomic E-state index is 0.107. The molecule has 142 valence electrons. The maximum atomic E-state index is 13.3. The molecule has 0 aliphatic carbocycles. The van der Waals surface area contributed by atoms with Crippen LogP contribution in [0.4, 0.5) is 0 Å². The number of halogens is 1. The van der Waals surface area contributed by atoms with E-state index >= 15 is 0 Å². The molecule has 0 radical (unpaired) electrons. The first kappa shape index (κ1) is 19.8. The van der Waals surface area contributed by atoms with E-state index < -0.39 is 22.0 Å². The number of rotatable bonds is 5. The molecular formula is C20H20BrNO4S. The predicted molar refractivity (Wildman–Crippen MR) is 107 cm³/mol. The summed E-state index contributed by atoms with van der Waals surface area (Å²) in [6, 6.07) is 13.2. The van der Waals surface area contributed by atoms with Gasteiger partial charge < -0.3 is 4.74 Å². The second-order valence-electron chi connectivity index (χ2n) is 6.19. The summed E-state index contributed by atoms with van der Waals surface area (Å²) in [4.78, 5) is 12.7. The average Bonchev–Trinajstić information content (AvgIpc) is 3.08. The zero-order valence-corrected chi connectivity index (χ0v) is 17.5. The highest BCUT2D eigenvalue weighted by molar-refractivity contribution is 9.10. The number of hydrogen-bond acceptors (Lipinski definition) is 4. The van der Waals surface area contributed by atoms with Crippen molar-refractivity contribution < 1.29 is 17.9 Å². The number of carbonyl (C=O) groups is 1. The maximum absolute atomic E-state index is 13.3. The molecule has 2 aromatic carbocycles. The van der Waals surface area contributed by atoms with Gasteiger partial charge in [-0.3, -0.25) is 0 Å². The lowest BCUT2D eigenvalue weighted by Gasteiger charge is -2.27. The smallest absolute Gasteiger partial charge is 0.335 e. The molecule has 0 aromatic heterocycles. The molecule has 0 fully saturated rings. The molecule has 1 atom stereocenters. The quantitative estimate of drug-likeness (QED) is 0.647. The second kappa shape index (κ2) is 7.96. The minimum atomic E-state index is -3.80. The summed E-state index contributed by atoms with van der Waals surface area (Å²) in [7, 11) is -3.80. The Kier molecular flexibility index (Phi) is 5.83. The monoisotopic (exact) mass is 449 g/mol. The van der Waals surface area contributed by atoms with Crippen LogP contribution in [-0.4, -0.2) is 31.8 Å². The van der Waals surface area contributed by atoms with Crippen LogP contribution in [0.1, 0.15) is 24.1 Å². The van der Waals surface area contributed by atoms with Gasteiger partial charge in [0, 0.05) is 11.0 Å². The summed E-state index contributed by atoms with van der Waals surface area (Å²) in [5, 5.41) is 0. The van der Waals surface area contributed by atoms with Gasteiger partial charge in [-0.05, 0) is 37.6 Å². The zero-order chi connectivity index (χ0) is 19.6. The van der Waals surface area contributed by atoms with Crippen LogP contribution in [0.15, 0.2) is 69.5 Å². The van der Waals surface area contributed by atoms with E-state index in [1.807, 2.05) is 31.2 Å². The highest BCUT2D eigenvalue weighted by Crippen LogP contribution is 2.40. The predicted octanol–water partition coefficient (Wildman–Crippen LogP) is 3.99. The number of nitrogens with zero attached hydrogens (tertiary/aromatic N) is 1. The molecule has 2 aromatic rings. The molecule has 0 spiro atoms. The molecule has 0 saturated heterocycles. The maximum Gasteiger partial charge on any atom is 0.335 e. The number of aryl methyl sites for hydroxylation is 1. The Balaban J connectivity index is 2.08. The molecule has 1 aliphatic heterocycles. The van der Waals surface area contributed by atoms with Crippen LogP contribution in [0.2, 0.25) is 0 Å². The van der Waals surface area contributed by atoms with Gasteiger partial charge in [0.25, 0.3) is 0 Å². The standard InChI is InChI=1S/C20H20BrNO4S/c1-3-26-20(23)17-12-13-22(19(17)16-6-4-5-7-18(16)21)27(24,25)15-10-8-14(2)9-11-15/h4-12,19H,3,13H2,1-2H3/t19-/m0/s1.